The second kappa shape index (κ2) is 8.71. The molecule has 0 aliphatic carbocycles. The Morgan fingerprint density at radius 1 is 1.00 bits per heavy atom. The lowest BCUT2D eigenvalue weighted by Gasteiger charge is -2.22. The molecule has 1 aromatic heterocycles. The molecule has 0 bridgehead atoms. The molecule has 1 atom stereocenters. The topological polar surface area (TPSA) is 60.8 Å². The molecule has 3 aromatic carbocycles. The maximum Gasteiger partial charge on any atom is 0.308 e. The average Bonchev–Trinajstić information content (AvgIpc) is 3.34. The number of likely N-dealkylation sites (N-methyl/N-ethyl adjacent to an activating group) is 1. The second-order valence-electron chi connectivity index (χ2n) is 8.64. The second-order valence-corrected chi connectivity index (χ2v) is 8.64. The zero-order chi connectivity index (χ0) is 23.8. The van der Waals surface area contributed by atoms with Gasteiger partial charge in [0.1, 0.15) is 18.1 Å². The van der Waals surface area contributed by atoms with Gasteiger partial charge in [0.15, 0.2) is 0 Å². The standard InChI is InChI=1S/C28H26N2O4/c1-18-15-24-26(9-6-10-27(24)34-19(2)31)30(18)28(32)20-11-13-23(14-12-20)33-17-22-16-21-7-4-5-8-25(21)29(22)3/h4-15,22H,16-17H2,1-3H3/t22-/m0/s1. The summed E-state index contributed by atoms with van der Waals surface area (Å²) in [6.45, 7) is 3.79. The molecule has 2 heterocycles. The van der Waals surface area contributed by atoms with E-state index in [0.29, 0.717) is 23.4 Å². The number of hydrogen-bond acceptors (Lipinski definition) is 5. The van der Waals surface area contributed by atoms with E-state index in [1.54, 1.807) is 28.8 Å². The number of carbonyl (C=O) groups is 2. The molecular weight excluding hydrogens is 428 g/mol. The number of para-hydroxylation sites is 1. The Bertz CT molecular complexity index is 1390. The van der Waals surface area contributed by atoms with E-state index >= 15 is 0 Å². The Morgan fingerprint density at radius 2 is 1.76 bits per heavy atom. The highest BCUT2D eigenvalue weighted by atomic mass is 16.5. The SMILES string of the molecule is CC(=O)Oc1cccc2c1cc(C)n2C(=O)c1ccc(OC[C@@H]2Cc3ccccc3N2C)cc1. The molecule has 0 fully saturated rings. The molecule has 34 heavy (non-hydrogen) atoms. The zero-order valence-corrected chi connectivity index (χ0v) is 19.4. The summed E-state index contributed by atoms with van der Waals surface area (Å²) < 4.78 is 13.0. The number of rotatable bonds is 5. The molecule has 0 unspecified atom stereocenters. The molecule has 6 heteroatoms. The number of anilines is 1. The van der Waals surface area contributed by atoms with Crippen molar-refractivity contribution in [3.8, 4) is 11.5 Å². The van der Waals surface area contributed by atoms with E-state index in [4.69, 9.17) is 9.47 Å². The van der Waals surface area contributed by atoms with Crippen LogP contribution < -0.4 is 14.4 Å². The van der Waals surface area contributed by atoms with Gasteiger partial charge in [-0.15, -0.1) is 0 Å². The number of nitrogens with zero attached hydrogens (tertiary/aromatic N) is 2. The van der Waals surface area contributed by atoms with Crippen molar-refractivity contribution in [2.75, 3.05) is 18.6 Å². The van der Waals surface area contributed by atoms with Crippen molar-refractivity contribution in [3.63, 3.8) is 0 Å². The van der Waals surface area contributed by atoms with Gasteiger partial charge in [0, 0.05) is 36.3 Å². The fourth-order valence-electron chi connectivity index (χ4n) is 4.65. The molecule has 4 aromatic rings. The summed E-state index contributed by atoms with van der Waals surface area (Å²) in [5.41, 5.74) is 4.61. The van der Waals surface area contributed by atoms with Crippen LogP contribution in [0.5, 0.6) is 11.5 Å². The van der Waals surface area contributed by atoms with Crippen molar-refractivity contribution in [1.82, 2.24) is 4.57 Å². The summed E-state index contributed by atoms with van der Waals surface area (Å²) in [5.74, 6) is 0.632. The summed E-state index contributed by atoms with van der Waals surface area (Å²) in [6, 6.07) is 23.1. The van der Waals surface area contributed by atoms with Gasteiger partial charge in [-0.1, -0.05) is 24.3 Å². The third-order valence-corrected chi connectivity index (χ3v) is 6.37. The van der Waals surface area contributed by atoms with Crippen LogP contribution in [-0.4, -0.2) is 36.1 Å². The lowest BCUT2D eigenvalue weighted by atomic mass is 10.1. The fraction of sp³-hybridized carbons (Fsp3) is 0.214. The number of aryl methyl sites for hydroxylation is 1. The molecule has 0 saturated carbocycles. The first-order valence-corrected chi connectivity index (χ1v) is 11.3. The maximum absolute atomic E-state index is 13.3. The van der Waals surface area contributed by atoms with E-state index in [0.717, 1.165) is 23.3 Å². The van der Waals surface area contributed by atoms with Crippen LogP contribution in [0.2, 0.25) is 0 Å². The summed E-state index contributed by atoms with van der Waals surface area (Å²) in [6.07, 6.45) is 0.957. The highest BCUT2D eigenvalue weighted by molar-refractivity contribution is 6.04. The number of ether oxygens (including phenoxy) is 2. The van der Waals surface area contributed by atoms with Gasteiger partial charge in [-0.2, -0.15) is 0 Å². The summed E-state index contributed by atoms with van der Waals surface area (Å²) in [5, 5.41) is 0.727. The molecule has 172 valence electrons. The van der Waals surface area contributed by atoms with Crippen LogP contribution in [0.3, 0.4) is 0 Å². The van der Waals surface area contributed by atoms with Crippen LogP contribution in [0, 0.1) is 6.92 Å². The fourth-order valence-corrected chi connectivity index (χ4v) is 4.65. The predicted octanol–water partition coefficient (Wildman–Crippen LogP) is 5.00. The molecule has 1 aliphatic heterocycles. The maximum atomic E-state index is 13.3. The number of hydrogen-bond donors (Lipinski definition) is 0. The Morgan fingerprint density at radius 3 is 2.50 bits per heavy atom. The Balaban J connectivity index is 1.31. The Labute approximate surface area is 198 Å². The van der Waals surface area contributed by atoms with Crippen molar-refractivity contribution in [2.24, 2.45) is 0 Å². The van der Waals surface area contributed by atoms with Gasteiger partial charge in [-0.05, 0) is 67.4 Å². The van der Waals surface area contributed by atoms with Crippen LogP contribution in [0.15, 0.2) is 72.8 Å². The van der Waals surface area contributed by atoms with E-state index in [-0.39, 0.29) is 11.9 Å². The van der Waals surface area contributed by atoms with Crippen LogP contribution >= 0.6 is 0 Å². The van der Waals surface area contributed by atoms with Gasteiger partial charge in [-0.25, -0.2) is 0 Å². The highest BCUT2D eigenvalue weighted by Crippen LogP contribution is 2.31. The first-order valence-electron chi connectivity index (χ1n) is 11.3. The normalized spacial score (nSPS) is 14.8. The number of esters is 1. The van der Waals surface area contributed by atoms with Gasteiger partial charge in [0.05, 0.1) is 11.6 Å². The molecule has 5 rings (SSSR count). The zero-order valence-electron chi connectivity index (χ0n) is 19.4. The Kier molecular flexibility index (Phi) is 5.57. The van der Waals surface area contributed by atoms with Gasteiger partial charge >= 0.3 is 5.97 Å². The monoisotopic (exact) mass is 454 g/mol. The van der Waals surface area contributed by atoms with Crippen molar-refractivity contribution < 1.29 is 19.1 Å². The minimum absolute atomic E-state index is 0.148. The van der Waals surface area contributed by atoms with Gasteiger partial charge in [0.2, 0.25) is 0 Å². The quantitative estimate of drug-likeness (QED) is 0.314. The molecule has 0 radical (unpaired) electrons. The molecule has 0 N–H and O–H groups in total. The van der Waals surface area contributed by atoms with E-state index in [1.165, 1.54) is 18.2 Å². The minimum Gasteiger partial charge on any atom is -0.491 e. The lowest BCUT2D eigenvalue weighted by molar-refractivity contribution is -0.131. The minimum atomic E-state index is -0.396. The smallest absolute Gasteiger partial charge is 0.308 e. The Hall–Kier alpha value is -4.06. The van der Waals surface area contributed by atoms with E-state index in [9.17, 15) is 9.59 Å². The molecule has 0 saturated heterocycles. The number of aromatic nitrogens is 1. The number of carbonyl (C=O) groups excluding carboxylic acids is 2. The molecule has 1 aliphatic rings. The molecule has 0 amide bonds. The lowest BCUT2D eigenvalue weighted by Crippen LogP contribution is -2.33. The summed E-state index contributed by atoms with van der Waals surface area (Å²) >= 11 is 0. The van der Waals surface area contributed by atoms with Gasteiger partial charge in [0.25, 0.3) is 5.91 Å². The number of benzene rings is 3. The average molecular weight is 455 g/mol. The van der Waals surface area contributed by atoms with Crippen LogP contribution in [0.1, 0.15) is 28.5 Å². The van der Waals surface area contributed by atoms with E-state index in [1.807, 2.05) is 31.2 Å². The van der Waals surface area contributed by atoms with Crippen molar-refractivity contribution in [1.29, 1.82) is 0 Å². The highest BCUT2D eigenvalue weighted by Gasteiger charge is 2.26. The first kappa shape index (κ1) is 21.8. The van der Waals surface area contributed by atoms with Crippen molar-refractivity contribution in [2.45, 2.75) is 26.3 Å². The summed E-state index contributed by atoms with van der Waals surface area (Å²) in [4.78, 5) is 27.0. The first-order chi connectivity index (χ1) is 16.4. The predicted molar refractivity (Wildman–Crippen MR) is 132 cm³/mol. The number of fused-ring (bicyclic) bond motifs is 2. The van der Waals surface area contributed by atoms with Crippen molar-refractivity contribution >= 4 is 28.5 Å². The van der Waals surface area contributed by atoms with Crippen LogP contribution in [0.4, 0.5) is 5.69 Å². The van der Waals surface area contributed by atoms with Crippen LogP contribution in [0.25, 0.3) is 10.9 Å². The van der Waals surface area contributed by atoms with Gasteiger partial charge < -0.3 is 14.4 Å². The summed E-state index contributed by atoms with van der Waals surface area (Å²) in [7, 11) is 2.10. The van der Waals surface area contributed by atoms with Gasteiger partial charge in [-0.3, -0.25) is 14.2 Å². The molecular formula is C28H26N2O4. The molecule has 6 nitrogen and oxygen atoms in total. The third-order valence-electron chi connectivity index (χ3n) is 6.37. The van der Waals surface area contributed by atoms with Crippen LogP contribution in [-0.2, 0) is 11.2 Å². The third kappa shape index (κ3) is 3.92. The largest absolute Gasteiger partial charge is 0.491 e. The van der Waals surface area contributed by atoms with E-state index in [2.05, 4.69) is 36.2 Å². The van der Waals surface area contributed by atoms with E-state index < -0.39 is 5.97 Å². The van der Waals surface area contributed by atoms with Crippen molar-refractivity contribution in [3.05, 3.63) is 89.6 Å². The molecule has 0 spiro atoms.